The first-order valence-electron chi connectivity index (χ1n) is 11.6. The lowest BCUT2D eigenvalue weighted by Gasteiger charge is -2.22. The largest absolute Gasteiger partial charge is 0.505 e. The second kappa shape index (κ2) is 14.0. The third kappa shape index (κ3) is 8.92. The molecule has 0 saturated heterocycles. The summed E-state index contributed by atoms with van der Waals surface area (Å²) in [5, 5.41) is 13.4. The molecule has 0 fully saturated rings. The number of allylic oxidation sites excluding steroid dienone is 6. The lowest BCUT2D eigenvalue weighted by molar-refractivity contribution is -0.0929. The highest BCUT2D eigenvalue weighted by atomic mass is 35.5. The Morgan fingerprint density at radius 1 is 1.21 bits per heavy atom. The van der Waals surface area contributed by atoms with Gasteiger partial charge in [0.15, 0.2) is 5.75 Å². The fourth-order valence-corrected chi connectivity index (χ4v) is 3.73. The highest BCUT2D eigenvalue weighted by Gasteiger charge is 2.33. The van der Waals surface area contributed by atoms with Gasteiger partial charge in [-0.2, -0.15) is 18.2 Å². The zero-order chi connectivity index (χ0) is 28.5. The number of phenols is 1. The number of nitrogens with zero attached hydrogens (tertiary/aromatic N) is 3. The van der Waals surface area contributed by atoms with Gasteiger partial charge in [-0.15, -0.1) is 0 Å². The van der Waals surface area contributed by atoms with E-state index in [-0.39, 0.29) is 46.7 Å². The van der Waals surface area contributed by atoms with Crippen LogP contribution in [0.4, 0.5) is 13.2 Å². The predicted molar refractivity (Wildman–Crippen MR) is 143 cm³/mol. The molecule has 204 valence electrons. The van der Waals surface area contributed by atoms with Crippen LogP contribution in [0.2, 0.25) is 10.0 Å². The molecule has 0 aliphatic heterocycles. The first kappa shape index (κ1) is 30.9. The Morgan fingerprint density at radius 2 is 1.87 bits per heavy atom. The molecule has 1 aromatic heterocycles. The van der Waals surface area contributed by atoms with Gasteiger partial charge in [0, 0.05) is 24.2 Å². The quantitative estimate of drug-likeness (QED) is 0.218. The monoisotopic (exact) mass is 569 g/mol. The van der Waals surface area contributed by atoms with Crippen LogP contribution in [0.15, 0.2) is 76.4 Å². The van der Waals surface area contributed by atoms with Gasteiger partial charge >= 0.3 is 18.0 Å². The average molecular weight is 570 g/mol. The van der Waals surface area contributed by atoms with Crippen molar-refractivity contribution in [2.45, 2.75) is 39.8 Å². The molecule has 11 heteroatoms. The molecule has 1 aromatic carbocycles. The summed E-state index contributed by atoms with van der Waals surface area (Å²) < 4.78 is 45.8. The third-order valence-electron chi connectivity index (χ3n) is 5.06. The number of benzene rings is 1. The minimum Gasteiger partial charge on any atom is -0.505 e. The molecule has 6 nitrogen and oxygen atoms in total. The molecule has 0 saturated carbocycles. The topological polar surface area (TPSA) is 79.5 Å². The Bertz CT molecular complexity index is 1250. The lowest BCUT2D eigenvalue weighted by Crippen LogP contribution is -2.34. The summed E-state index contributed by atoms with van der Waals surface area (Å²) in [6, 6.07) is 2.70. The second-order valence-electron chi connectivity index (χ2n) is 8.32. The van der Waals surface area contributed by atoms with Crippen molar-refractivity contribution < 1.29 is 27.6 Å². The number of aromatic nitrogens is 2. The van der Waals surface area contributed by atoms with Crippen LogP contribution in [0.25, 0.3) is 11.4 Å². The summed E-state index contributed by atoms with van der Waals surface area (Å²) in [4.78, 5) is 18.7. The Hall–Kier alpha value is -3.30. The molecular formula is C27H28Cl2F3N3O3. The van der Waals surface area contributed by atoms with Crippen LogP contribution >= 0.6 is 23.2 Å². The molecule has 0 unspecified atom stereocenters. The van der Waals surface area contributed by atoms with Crippen LogP contribution in [0, 0.1) is 0 Å². The maximum absolute atomic E-state index is 13.6. The number of rotatable bonds is 11. The van der Waals surface area contributed by atoms with Crippen molar-refractivity contribution >= 4 is 29.1 Å². The van der Waals surface area contributed by atoms with Crippen molar-refractivity contribution in [2.75, 3.05) is 13.1 Å². The van der Waals surface area contributed by atoms with Gasteiger partial charge in [-0.1, -0.05) is 77.8 Å². The predicted octanol–water partition coefficient (Wildman–Crippen LogP) is 8.11. The van der Waals surface area contributed by atoms with Crippen LogP contribution in [-0.4, -0.2) is 45.3 Å². The van der Waals surface area contributed by atoms with Crippen LogP contribution in [0.3, 0.4) is 0 Å². The van der Waals surface area contributed by atoms with Crippen molar-refractivity contribution in [1.82, 2.24) is 15.0 Å². The van der Waals surface area contributed by atoms with Crippen LogP contribution in [-0.2, 0) is 0 Å². The number of carbonyl (C=O) groups excluding carboxylic acids is 1. The van der Waals surface area contributed by atoms with Crippen LogP contribution in [0.5, 0.6) is 5.75 Å². The Morgan fingerprint density at radius 3 is 2.45 bits per heavy atom. The lowest BCUT2D eigenvalue weighted by atomic mass is 10.1. The molecule has 0 radical (unpaired) electrons. The SMILES string of the molecule is C=C(/C=C(\C/C=C\CC)C(F)(F)F)CN(C/C(C)=C/C=C\C)C(=O)c1nc(-c2cc(Cl)c(O)c(Cl)c2)no1. The molecule has 2 rings (SSSR count). The zero-order valence-electron chi connectivity index (χ0n) is 21.1. The fraction of sp³-hybridized carbons (Fsp3) is 0.296. The van der Waals surface area contributed by atoms with Gasteiger partial charge in [0.05, 0.1) is 10.0 Å². The van der Waals surface area contributed by atoms with Crippen LogP contribution < -0.4 is 0 Å². The number of hydrogen-bond donors (Lipinski definition) is 1. The Kier molecular flexibility index (Phi) is 11.4. The van der Waals surface area contributed by atoms with Gasteiger partial charge < -0.3 is 14.5 Å². The van der Waals surface area contributed by atoms with E-state index < -0.39 is 23.5 Å². The van der Waals surface area contributed by atoms with Crippen molar-refractivity contribution in [3.63, 3.8) is 0 Å². The molecule has 1 heterocycles. The van der Waals surface area contributed by atoms with E-state index >= 15 is 0 Å². The fourth-order valence-electron chi connectivity index (χ4n) is 3.24. The van der Waals surface area contributed by atoms with Crippen molar-refractivity contribution in [3.8, 4) is 17.1 Å². The van der Waals surface area contributed by atoms with E-state index in [1.807, 2.05) is 13.8 Å². The normalized spacial score (nSPS) is 13.1. The standard InChI is InChI=1S/C27H28Cl2F3N3O3/c1-5-7-9-11-20(27(30,31)32)12-18(4)16-35(15-17(3)10-8-6-2)26(37)25-33-24(34-38-25)19-13-21(28)23(36)22(29)14-19/h6-10,12-14,36H,4-5,11,15-16H2,1-3H3/b8-6-,9-7-,17-10+,20-12+. The van der Waals surface area contributed by atoms with E-state index in [4.69, 9.17) is 27.7 Å². The molecule has 1 N–H and O–H groups in total. The number of halogens is 5. The highest BCUT2D eigenvalue weighted by molar-refractivity contribution is 6.37. The van der Waals surface area contributed by atoms with Gasteiger partial charge in [0.1, 0.15) is 0 Å². The Balaban J connectivity index is 2.38. The molecule has 0 atom stereocenters. The minimum atomic E-state index is -4.55. The maximum atomic E-state index is 13.6. The molecule has 0 bridgehead atoms. The number of hydrogen-bond acceptors (Lipinski definition) is 5. The van der Waals surface area contributed by atoms with Crippen LogP contribution in [0.1, 0.15) is 44.3 Å². The second-order valence-corrected chi connectivity index (χ2v) is 9.14. The van der Waals surface area contributed by atoms with E-state index in [1.165, 1.54) is 23.1 Å². The number of alkyl halides is 3. The average Bonchev–Trinajstić information content (AvgIpc) is 3.34. The molecule has 0 aliphatic rings. The van der Waals surface area contributed by atoms with E-state index in [0.717, 1.165) is 11.6 Å². The van der Waals surface area contributed by atoms with Gasteiger partial charge in [0.25, 0.3) is 0 Å². The third-order valence-corrected chi connectivity index (χ3v) is 5.64. The summed E-state index contributed by atoms with van der Waals surface area (Å²) in [6.07, 6.45) is 5.14. The smallest absolute Gasteiger partial charge is 0.413 e. The molecule has 38 heavy (non-hydrogen) atoms. The summed E-state index contributed by atoms with van der Waals surface area (Å²) in [5.74, 6) is -1.43. The van der Waals surface area contributed by atoms with E-state index in [2.05, 4.69) is 16.7 Å². The first-order chi connectivity index (χ1) is 17.9. The van der Waals surface area contributed by atoms with E-state index in [1.54, 1.807) is 31.2 Å². The van der Waals surface area contributed by atoms with Gasteiger partial charge in [0.2, 0.25) is 5.82 Å². The van der Waals surface area contributed by atoms with Gasteiger partial charge in [-0.25, -0.2) is 0 Å². The maximum Gasteiger partial charge on any atom is 0.413 e. The molecule has 1 amide bonds. The number of phenolic OH excluding ortho intramolecular Hbond substituents is 1. The van der Waals surface area contributed by atoms with Crippen molar-refractivity contribution in [3.05, 3.63) is 87.8 Å². The molecule has 0 aliphatic carbocycles. The Labute approximate surface area is 229 Å². The number of aromatic hydroxyl groups is 1. The summed E-state index contributed by atoms with van der Waals surface area (Å²) in [5.41, 5.74) is 0.346. The summed E-state index contributed by atoms with van der Waals surface area (Å²) in [7, 11) is 0. The van der Waals surface area contributed by atoms with Gasteiger partial charge in [-0.3, -0.25) is 4.79 Å². The molecule has 2 aromatic rings. The van der Waals surface area contributed by atoms with E-state index in [0.29, 0.717) is 12.0 Å². The van der Waals surface area contributed by atoms with Gasteiger partial charge in [-0.05, 0) is 50.5 Å². The summed E-state index contributed by atoms with van der Waals surface area (Å²) >= 11 is 11.9. The van der Waals surface area contributed by atoms with E-state index in [9.17, 15) is 23.1 Å². The number of amides is 1. The highest BCUT2D eigenvalue weighted by Crippen LogP contribution is 2.35. The number of carbonyl (C=O) groups is 1. The first-order valence-corrected chi connectivity index (χ1v) is 12.3. The molecule has 0 spiro atoms. The summed E-state index contributed by atoms with van der Waals surface area (Å²) in [6.45, 7) is 9.03. The van der Waals surface area contributed by atoms with Crippen molar-refractivity contribution in [2.24, 2.45) is 0 Å². The molecular weight excluding hydrogens is 542 g/mol. The zero-order valence-corrected chi connectivity index (χ0v) is 22.7. The van der Waals surface area contributed by atoms with Crippen molar-refractivity contribution in [1.29, 1.82) is 0 Å². The minimum absolute atomic E-state index is 0.0147.